The Kier molecular flexibility index (Phi) is 10.6. The number of benzene rings is 2. The molecule has 0 saturated heterocycles. The van der Waals surface area contributed by atoms with E-state index in [9.17, 15) is 18.0 Å². The van der Waals surface area contributed by atoms with Crippen LogP contribution >= 0.6 is 23.2 Å². The van der Waals surface area contributed by atoms with Crippen molar-refractivity contribution < 1.29 is 18.0 Å². The van der Waals surface area contributed by atoms with Crippen LogP contribution in [0.1, 0.15) is 52.5 Å². The van der Waals surface area contributed by atoms with Gasteiger partial charge in [0.05, 0.1) is 11.9 Å². The molecule has 2 amide bonds. The Labute approximate surface area is 224 Å². The van der Waals surface area contributed by atoms with E-state index in [2.05, 4.69) is 5.32 Å². The second kappa shape index (κ2) is 12.8. The molecule has 0 aromatic heterocycles. The minimum Gasteiger partial charge on any atom is -0.350 e. The van der Waals surface area contributed by atoms with E-state index in [1.165, 1.54) is 9.21 Å². The van der Waals surface area contributed by atoms with Gasteiger partial charge in [-0.15, -0.1) is 0 Å². The van der Waals surface area contributed by atoms with Crippen molar-refractivity contribution in [2.75, 3.05) is 17.1 Å². The number of carbonyl (C=O) groups is 2. The van der Waals surface area contributed by atoms with E-state index in [0.29, 0.717) is 22.2 Å². The summed E-state index contributed by atoms with van der Waals surface area (Å²) in [6.07, 6.45) is 1.84. The molecule has 0 saturated carbocycles. The number of anilines is 1. The molecule has 0 radical (unpaired) electrons. The summed E-state index contributed by atoms with van der Waals surface area (Å²) < 4.78 is 26.1. The van der Waals surface area contributed by atoms with Crippen molar-refractivity contribution in [2.45, 2.75) is 65.1 Å². The number of halogens is 2. The Morgan fingerprint density at radius 1 is 1.06 bits per heavy atom. The Hall–Kier alpha value is -2.29. The van der Waals surface area contributed by atoms with Crippen LogP contribution < -0.4 is 9.62 Å². The van der Waals surface area contributed by atoms with Gasteiger partial charge in [-0.05, 0) is 63.4 Å². The number of carbonyl (C=O) groups excluding carboxylic acids is 2. The van der Waals surface area contributed by atoms with Crippen LogP contribution in [-0.4, -0.2) is 49.5 Å². The van der Waals surface area contributed by atoms with Gasteiger partial charge in [0.15, 0.2) is 0 Å². The van der Waals surface area contributed by atoms with Crippen LogP contribution in [-0.2, 0) is 26.2 Å². The van der Waals surface area contributed by atoms with Gasteiger partial charge in [-0.1, -0.05) is 54.4 Å². The number of rotatable bonds is 11. The molecule has 2 rings (SSSR count). The highest BCUT2D eigenvalue weighted by Crippen LogP contribution is 2.24. The summed E-state index contributed by atoms with van der Waals surface area (Å²) in [4.78, 5) is 28.1. The molecule has 1 unspecified atom stereocenters. The molecule has 0 aliphatic heterocycles. The minimum atomic E-state index is -3.59. The van der Waals surface area contributed by atoms with Gasteiger partial charge in [0, 0.05) is 35.1 Å². The van der Waals surface area contributed by atoms with Crippen LogP contribution in [0, 0.1) is 0 Å². The second-order valence-corrected chi connectivity index (χ2v) is 12.4. The fourth-order valence-corrected chi connectivity index (χ4v) is 5.15. The van der Waals surface area contributed by atoms with Crippen LogP contribution in [0.5, 0.6) is 0 Å². The third-order valence-electron chi connectivity index (χ3n) is 5.43. The third-order valence-corrected chi connectivity index (χ3v) is 7.23. The first-order chi connectivity index (χ1) is 16.7. The molecule has 7 nitrogen and oxygen atoms in total. The van der Waals surface area contributed by atoms with Crippen LogP contribution in [0.25, 0.3) is 0 Å². The molecular formula is C26H35Cl2N3O4S. The van der Waals surface area contributed by atoms with Gasteiger partial charge in [-0.25, -0.2) is 8.42 Å². The average molecular weight is 557 g/mol. The lowest BCUT2D eigenvalue weighted by atomic mass is 10.0. The Morgan fingerprint density at radius 3 is 2.28 bits per heavy atom. The number of hydrogen-bond acceptors (Lipinski definition) is 4. The van der Waals surface area contributed by atoms with Crippen molar-refractivity contribution in [1.29, 1.82) is 0 Å². The minimum absolute atomic E-state index is 0.0519. The fourth-order valence-electron chi connectivity index (χ4n) is 3.82. The molecule has 0 fully saturated rings. The summed E-state index contributed by atoms with van der Waals surface area (Å²) in [5.74, 6) is -0.507. The number of sulfonamides is 1. The third kappa shape index (κ3) is 8.98. The van der Waals surface area contributed by atoms with E-state index in [1.807, 2.05) is 39.8 Å². The van der Waals surface area contributed by atoms with Gasteiger partial charge in [0.25, 0.3) is 0 Å². The Balaban J connectivity index is 2.25. The molecule has 36 heavy (non-hydrogen) atoms. The summed E-state index contributed by atoms with van der Waals surface area (Å²) in [6.45, 7) is 7.76. The zero-order valence-corrected chi connectivity index (χ0v) is 23.8. The van der Waals surface area contributed by atoms with Gasteiger partial charge in [-0.2, -0.15) is 0 Å². The van der Waals surface area contributed by atoms with Crippen molar-refractivity contribution in [3.63, 3.8) is 0 Å². The lowest BCUT2D eigenvalue weighted by Gasteiger charge is -2.33. The number of hydrogen-bond donors (Lipinski definition) is 1. The summed E-state index contributed by atoms with van der Waals surface area (Å²) >= 11 is 12.4. The molecule has 0 heterocycles. The van der Waals surface area contributed by atoms with E-state index < -0.39 is 21.6 Å². The molecule has 1 N–H and O–H groups in total. The van der Waals surface area contributed by atoms with Crippen LogP contribution in [0.4, 0.5) is 5.69 Å². The van der Waals surface area contributed by atoms with Crippen LogP contribution in [0.2, 0.25) is 10.0 Å². The fraction of sp³-hybridized carbons (Fsp3) is 0.462. The lowest BCUT2D eigenvalue weighted by molar-refractivity contribution is -0.142. The lowest BCUT2D eigenvalue weighted by Crippen LogP contribution is -2.53. The monoisotopic (exact) mass is 555 g/mol. The van der Waals surface area contributed by atoms with Crippen LogP contribution in [0.15, 0.2) is 48.5 Å². The predicted molar refractivity (Wildman–Crippen MR) is 147 cm³/mol. The largest absolute Gasteiger partial charge is 0.350 e. The molecule has 2 aromatic carbocycles. The van der Waals surface area contributed by atoms with E-state index in [-0.39, 0.29) is 37.7 Å². The smallest absolute Gasteiger partial charge is 0.243 e. The molecule has 0 aliphatic carbocycles. The van der Waals surface area contributed by atoms with Crippen molar-refractivity contribution in [2.24, 2.45) is 0 Å². The number of nitrogens with one attached hydrogen (secondary N) is 1. The van der Waals surface area contributed by atoms with Gasteiger partial charge in [0.1, 0.15) is 6.04 Å². The van der Waals surface area contributed by atoms with Crippen molar-refractivity contribution in [1.82, 2.24) is 10.2 Å². The molecule has 0 spiro atoms. The number of amides is 2. The van der Waals surface area contributed by atoms with E-state index >= 15 is 0 Å². The molecule has 1 atom stereocenters. The van der Waals surface area contributed by atoms with E-state index in [0.717, 1.165) is 11.8 Å². The van der Waals surface area contributed by atoms with Crippen molar-refractivity contribution in [3.8, 4) is 0 Å². The van der Waals surface area contributed by atoms with E-state index in [4.69, 9.17) is 23.2 Å². The molecule has 2 aromatic rings. The maximum absolute atomic E-state index is 13.5. The summed E-state index contributed by atoms with van der Waals surface area (Å²) in [7, 11) is -3.59. The Bertz CT molecular complexity index is 1170. The molecule has 10 heteroatoms. The van der Waals surface area contributed by atoms with Gasteiger partial charge >= 0.3 is 0 Å². The molecular weight excluding hydrogens is 521 g/mol. The highest BCUT2D eigenvalue weighted by atomic mass is 35.5. The standard InChI is InChI=1S/C26H35Cl2N3O4S/c1-6-23(25(33)29-26(2,3)4)30(18-19-11-7-8-14-22(19)28)24(32)15-10-16-31(36(5,34)35)21-13-9-12-20(27)17-21/h7-9,11-14,17,23H,6,10,15-16,18H2,1-5H3,(H,29,33). The molecule has 198 valence electrons. The van der Waals surface area contributed by atoms with Crippen molar-refractivity contribution >= 4 is 50.7 Å². The highest BCUT2D eigenvalue weighted by molar-refractivity contribution is 7.92. The Morgan fingerprint density at radius 2 is 1.72 bits per heavy atom. The van der Waals surface area contributed by atoms with Gasteiger partial charge in [-0.3, -0.25) is 13.9 Å². The maximum atomic E-state index is 13.5. The predicted octanol–water partition coefficient (Wildman–Crippen LogP) is 5.26. The molecule has 0 aliphatic rings. The second-order valence-electron chi connectivity index (χ2n) is 9.69. The summed E-state index contributed by atoms with van der Waals surface area (Å²) in [5.41, 5.74) is 0.698. The maximum Gasteiger partial charge on any atom is 0.243 e. The topological polar surface area (TPSA) is 86.8 Å². The van der Waals surface area contributed by atoms with Gasteiger partial charge < -0.3 is 10.2 Å². The summed E-state index contributed by atoms with van der Waals surface area (Å²) in [6, 6.07) is 13.0. The highest BCUT2D eigenvalue weighted by Gasteiger charge is 2.31. The van der Waals surface area contributed by atoms with Gasteiger partial charge in [0.2, 0.25) is 21.8 Å². The van der Waals surface area contributed by atoms with Crippen LogP contribution in [0.3, 0.4) is 0 Å². The first-order valence-corrected chi connectivity index (χ1v) is 14.4. The first-order valence-electron chi connectivity index (χ1n) is 11.8. The normalized spacial score (nSPS) is 12.6. The van der Waals surface area contributed by atoms with E-state index in [1.54, 1.807) is 36.4 Å². The first kappa shape index (κ1) is 29.9. The summed E-state index contributed by atoms with van der Waals surface area (Å²) in [5, 5.41) is 3.88. The van der Waals surface area contributed by atoms with Crippen molar-refractivity contribution in [3.05, 3.63) is 64.1 Å². The molecule has 0 bridgehead atoms. The average Bonchev–Trinajstić information content (AvgIpc) is 2.75. The number of nitrogens with zero attached hydrogens (tertiary/aromatic N) is 2. The SMILES string of the molecule is CCC(C(=O)NC(C)(C)C)N(Cc1ccccc1Cl)C(=O)CCCN(c1cccc(Cl)c1)S(C)(=O)=O. The zero-order chi connectivity index (χ0) is 27.1. The quantitative estimate of drug-likeness (QED) is 0.409. The zero-order valence-electron chi connectivity index (χ0n) is 21.4.